The third-order valence-corrected chi connectivity index (χ3v) is 7.53. The maximum absolute atomic E-state index is 12.9. The van der Waals surface area contributed by atoms with E-state index < -0.39 is 27.8 Å². The number of carbonyl (C=O) groups excluding carboxylic acids is 2. The molecule has 3 rings (SSSR count). The zero-order chi connectivity index (χ0) is 23.6. The number of ketones is 1. The molecular weight excluding hydrogens is 500 g/mol. The topological polar surface area (TPSA) is 104 Å². The van der Waals surface area contributed by atoms with E-state index in [1.807, 2.05) is 0 Å². The number of aliphatic hydroxyl groups is 1. The SMILES string of the molecule is COCCN1C(=O)C(=O)C(=C(O)c2ccc(S(=O)(=O)N(C)C)cc2)[C@@H]1c1ccc(Br)cc1. The largest absolute Gasteiger partial charge is 0.507 e. The van der Waals surface area contributed by atoms with Crippen molar-refractivity contribution in [2.24, 2.45) is 0 Å². The summed E-state index contributed by atoms with van der Waals surface area (Å²) < 4.78 is 31.6. The van der Waals surface area contributed by atoms with Crippen molar-refractivity contribution in [3.63, 3.8) is 0 Å². The first-order valence-corrected chi connectivity index (χ1v) is 11.9. The van der Waals surface area contributed by atoms with Gasteiger partial charge in [-0.25, -0.2) is 12.7 Å². The summed E-state index contributed by atoms with van der Waals surface area (Å²) in [6, 6.07) is 11.8. The summed E-state index contributed by atoms with van der Waals surface area (Å²) in [6.07, 6.45) is 0. The van der Waals surface area contributed by atoms with Gasteiger partial charge in [0, 0.05) is 37.8 Å². The number of halogens is 1. The average Bonchev–Trinajstić information content (AvgIpc) is 3.02. The lowest BCUT2D eigenvalue weighted by atomic mass is 9.95. The number of Topliss-reactive ketones (excluding diaryl/α,β-unsaturated/α-hetero) is 1. The Balaban J connectivity index is 2.11. The van der Waals surface area contributed by atoms with Crippen LogP contribution in [0.5, 0.6) is 0 Å². The number of sulfonamides is 1. The molecule has 1 aliphatic rings. The van der Waals surface area contributed by atoms with Gasteiger partial charge in [0.25, 0.3) is 11.7 Å². The summed E-state index contributed by atoms with van der Waals surface area (Å²) >= 11 is 3.37. The fraction of sp³-hybridized carbons (Fsp3) is 0.273. The Hall–Kier alpha value is -2.53. The van der Waals surface area contributed by atoms with Gasteiger partial charge in [0.05, 0.1) is 23.1 Å². The lowest BCUT2D eigenvalue weighted by Crippen LogP contribution is -2.32. The number of methoxy groups -OCH3 is 1. The van der Waals surface area contributed by atoms with E-state index in [9.17, 15) is 23.1 Å². The highest BCUT2D eigenvalue weighted by molar-refractivity contribution is 9.10. The van der Waals surface area contributed by atoms with Gasteiger partial charge in [0.2, 0.25) is 10.0 Å². The van der Waals surface area contributed by atoms with Gasteiger partial charge in [-0.1, -0.05) is 28.1 Å². The van der Waals surface area contributed by atoms with Gasteiger partial charge in [-0.3, -0.25) is 9.59 Å². The minimum Gasteiger partial charge on any atom is -0.507 e. The second-order valence-electron chi connectivity index (χ2n) is 7.35. The Labute approximate surface area is 195 Å². The van der Waals surface area contributed by atoms with Crippen molar-refractivity contribution >= 4 is 43.4 Å². The monoisotopic (exact) mass is 522 g/mol. The molecule has 0 aromatic heterocycles. The van der Waals surface area contributed by atoms with Crippen LogP contribution in [0.25, 0.3) is 5.76 Å². The molecule has 0 bridgehead atoms. The standard InChI is InChI=1S/C22H23BrN2O6S/c1-24(2)32(29,30)17-10-6-15(7-11-17)20(26)18-19(14-4-8-16(23)9-5-14)25(12-13-31-3)22(28)21(18)27/h4-11,19,26H,12-13H2,1-3H3/t19-/m0/s1. The van der Waals surface area contributed by atoms with Crippen molar-refractivity contribution in [2.75, 3.05) is 34.4 Å². The number of hydrogen-bond donors (Lipinski definition) is 1. The van der Waals surface area contributed by atoms with Crippen LogP contribution in [-0.2, 0) is 24.3 Å². The van der Waals surface area contributed by atoms with E-state index in [1.54, 1.807) is 24.3 Å². The average molecular weight is 523 g/mol. The lowest BCUT2D eigenvalue weighted by Gasteiger charge is -2.25. The zero-order valence-corrected chi connectivity index (χ0v) is 20.2. The fourth-order valence-corrected chi connectivity index (χ4v) is 4.61. The van der Waals surface area contributed by atoms with E-state index in [4.69, 9.17) is 4.74 Å². The second-order valence-corrected chi connectivity index (χ2v) is 10.4. The van der Waals surface area contributed by atoms with Gasteiger partial charge >= 0.3 is 0 Å². The van der Waals surface area contributed by atoms with Crippen LogP contribution in [0, 0.1) is 0 Å². The Morgan fingerprint density at radius 2 is 1.69 bits per heavy atom. The van der Waals surface area contributed by atoms with E-state index in [0.29, 0.717) is 5.56 Å². The Bertz CT molecular complexity index is 1160. The molecule has 1 heterocycles. The molecule has 32 heavy (non-hydrogen) atoms. The third-order valence-electron chi connectivity index (χ3n) is 5.17. The van der Waals surface area contributed by atoms with Crippen molar-refractivity contribution in [3.05, 3.63) is 69.7 Å². The van der Waals surface area contributed by atoms with Gasteiger partial charge in [0.15, 0.2) is 0 Å². The van der Waals surface area contributed by atoms with Gasteiger partial charge in [0.1, 0.15) is 5.76 Å². The Kier molecular flexibility index (Phi) is 7.19. The number of ether oxygens (including phenoxy) is 1. The van der Waals surface area contributed by atoms with Crippen molar-refractivity contribution in [2.45, 2.75) is 10.9 Å². The van der Waals surface area contributed by atoms with Crippen LogP contribution in [0.1, 0.15) is 17.2 Å². The second kappa shape index (κ2) is 9.53. The molecule has 0 radical (unpaired) electrons. The summed E-state index contributed by atoms with van der Waals surface area (Å²) in [5.74, 6) is -1.91. The number of hydrogen-bond acceptors (Lipinski definition) is 6. The molecule has 1 saturated heterocycles. The van der Waals surface area contributed by atoms with Gasteiger partial charge in [-0.15, -0.1) is 0 Å². The Morgan fingerprint density at radius 3 is 2.22 bits per heavy atom. The highest BCUT2D eigenvalue weighted by atomic mass is 79.9. The summed E-state index contributed by atoms with van der Waals surface area (Å²) in [5.41, 5.74) is 0.822. The first kappa shape index (κ1) is 24.1. The van der Waals surface area contributed by atoms with Crippen LogP contribution >= 0.6 is 15.9 Å². The summed E-state index contributed by atoms with van der Waals surface area (Å²) in [5, 5.41) is 11.0. The molecule has 8 nitrogen and oxygen atoms in total. The number of rotatable bonds is 7. The fourth-order valence-electron chi connectivity index (χ4n) is 3.44. The number of benzene rings is 2. The summed E-state index contributed by atoms with van der Waals surface area (Å²) in [6.45, 7) is 0.385. The van der Waals surface area contributed by atoms with Crippen LogP contribution < -0.4 is 0 Å². The predicted molar refractivity (Wildman–Crippen MR) is 122 cm³/mol. The molecule has 10 heteroatoms. The molecule has 0 unspecified atom stereocenters. The number of carbonyl (C=O) groups is 2. The molecule has 0 aliphatic carbocycles. The van der Waals surface area contributed by atoms with E-state index in [2.05, 4.69) is 15.9 Å². The smallest absolute Gasteiger partial charge is 0.295 e. The third kappa shape index (κ3) is 4.49. The van der Waals surface area contributed by atoms with E-state index >= 15 is 0 Å². The quantitative estimate of drug-likeness (QED) is 0.340. The molecule has 1 N–H and O–H groups in total. The van der Waals surface area contributed by atoms with Gasteiger partial charge < -0.3 is 14.7 Å². The predicted octanol–water partition coefficient (Wildman–Crippen LogP) is 2.77. The minimum absolute atomic E-state index is 0.0454. The number of nitrogens with zero attached hydrogens (tertiary/aromatic N) is 2. The molecule has 1 fully saturated rings. The minimum atomic E-state index is -3.65. The summed E-state index contributed by atoms with van der Waals surface area (Å²) in [7, 11) is 0.687. The van der Waals surface area contributed by atoms with Crippen LogP contribution in [0.4, 0.5) is 0 Å². The van der Waals surface area contributed by atoms with Crippen molar-refractivity contribution in [1.82, 2.24) is 9.21 Å². The molecular formula is C22H23BrN2O6S. The van der Waals surface area contributed by atoms with E-state index in [1.165, 1.54) is 50.4 Å². The normalized spacial score (nSPS) is 18.5. The molecule has 2 aromatic carbocycles. The lowest BCUT2D eigenvalue weighted by molar-refractivity contribution is -0.140. The van der Waals surface area contributed by atoms with Crippen LogP contribution in [0.15, 0.2) is 63.5 Å². The molecule has 1 aliphatic heterocycles. The number of likely N-dealkylation sites (tertiary alicyclic amines) is 1. The number of amides is 1. The Morgan fingerprint density at radius 1 is 1.09 bits per heavy atom. The maximum Gasteiger partial charge on any atom is 0.295 e. The first-order chi connectivity index (χ1) is 15.1. The molecule has 0 spiro atoms. The van der Waals surface area contributed by atoms with E-state index in [-0.39, 0.29) is 34.9 Å². The van der Waals surface area contributed by atoms with Crippen LogP contribution in [-0.4, -0.2) is 68.8 Å². The molecule has 170 valence electrons. The van der Waals surface area contributed by atoms with Crippen LogP contribution in [0.2, 0.25) is 0 Å². The molecule has 0 saturated carbocycles. The molecule has 2 aromatic rings. The van der Waals surface area contributed by atoms with Crippen molar-refractivity contribution in [3.8, 4) is 0 Å². The number of aliphatic hydroxyl groups excluding tert-OH is 1. The van der Waals surface area contributed by atoms with Gasteiger partial charge in [-0.2, -0.15) is 0 Å². The maximum atomic E-state index is 12.9. The zero-order valence-electron chi connectivity index (χ0n) is 17.8. The molecule has 1 atom stereocenters. The summed E-state index contributed by atoms with van der Waals surface area (Å²) in [4.78, 5) is 27.1. The highest BCUT2D eigenvalue weighted by Crippen LogP contribution is 2.39. The first-order valence-electron chi connectivity index (χ1n) is 9.65. The molecule has 1 amide bonds. The van der Waals surface area contributed by atoms with Gasteiger partial charge in [-0.05, 0) is 42.0 Å². The van der Waals surface area contributed by atoms with Crippen LogP contribution in [0.3, 0.4) is 0 Å². The van der Waals surface area contributed by atoms with Crippen molar-refractivity contribution in [1.29, 1.82) is 0 Å². The highest BCUT2D eigenvalue weighted by Gasteiger charge is 2.45. The van der Waals surface area contributed by atoms with Crippen molar-refractivity contribution < 1.29 is 27.9 Å². The van der Waals surface area contributed by atoms with E-state index in [0.717, 1.165) is 8.78 Å².